The van der Waals surface area contributed by atoms with E-state index < -0.39 is 5.25 Å². The van der Waals surface area contributed by atoms with E-state index in [1.54, 1.807) is 32.6 Å². The van der Waals surface area contributed by atoms with Gasteiger partial charge in [0.25, 0.3) is 0 Å². The minimum atomic E-state index is -0.437. The molecule has 0 radical (unpaired) electrons. The lowest BCUT2D eigenvalue weighted by Gasteiger charge is -2.15. The molecule has 1 atom stereocenters. The zero-order valence-electron chi connectivity index (χ0n) is 18.5. The SMILES string of the molecule is COc1cccc(-c2nnc(SC(C)C(=O)Nc3ccccc3OC)n2Cc2ccco2)c1. The van der Waals surface area contributed by atoms with Crippen LogP contribution in [0.3, 0.4) is 0 Å². The standard InChI is InChI=1S/C24H24N4O4S/c1-16(23(29)25-20-11-4-5-12-21(20)31-3)33-24-27-26-22(17-8-6-9-18(14-17)30-2)28(24)15-19-10-7-13-32-19/h4-14,16H,15H2,1-3H3,(H,25,29). The molecular weight excluding hydrogens is 440 g/mol. The number of carbonyl (C=O) groups excluding carboxylic acids is 1. The van der Waals surface area contributed by atoms with Gasteiger partial charge in [-0.25, -0.2) is 0 Å². The highest BCUT2D eigenvalue weighted by Crippen LogP contribution is 2.30. The minimum absolute atomic E-state index is 0.167. The Labute approximate surface area is 195 Å². The fourth-order valence-electron chi connectivity index (χ4n) is 3.25. The number of anilines is 1. The fraction of sp³-hybridized carbons (Fsp3) is 0.208. The first-order valence-electron chi connectivity index (χ1n) is 10.3. The largest absolute Gasteiger partial charge is 0.497 e. The maximum atomic E-state index is 12.9. The van der Waals surface area contributed by atoms with E-state index in [-0.39, 0.29) is 5.91 Å². The highest BCUT2D eigenvalue weighted by atomic mass is 32.2. The molecule has 0 saturated carbocycles. The lowest BCUT2D eigenvalue weighted by atomic mass is 10.2. The van der Waals surface area contributed by atoms with Gasteiger partial charge in [-0.05, 0) is 43.3 Å². The van der Waals surface area contributed by atoms with Gasteiger partial charge in [-0.3, -0.25) is 9.36 Å². The number of thioether (sulfide) groups is 1. The van der Waals surface area contributed by atoms with Gasteiger partial charge in [0.2, 0.25) is 5.91 Å². The summed E-state index contributed by atoms with van der Waals surface area (Å²) in [5.74, 6) is 2.57. The van der Waals surface area contributed by atoms with Crippen LogP contribution in [0.25, 0.3) is 11.4 Å². The number of rotatable bonds is 9. The average molecular weight is 465 g/mol. The number of methoxy groups -OCH3 is 2. The van der Waals surface area contributed by atoms with Crippen molar-refractivity contribution in [2.24, 2.45) is 0 Å². The molecule has 2 aromatic heterocycles. The summed E-state index contributed by atoms with van der Waals surface area (Å²) in [7, 11) is 3.19. The Hall–Kier alpha value is -3.72. The van der Waals surface area contributed by atoms with Crippen molar-refractivity contribution in [1.82, 2.24) is 14.8 Å². The van der Waals surface area contributed by atoms with E-state index >= 15 is 0 Å². The summed E-state index contributed by atoms with van der Waals surface area (Å²) >= 11 is 1.32. The molecule has 0 aliphatic rings. The molecule has 2 heterocycles. The Kier molecular flexibility index (Phi) is 6.99. The first kappa shape index (κ1) is 22.5. The van der Waals surface area contributed by atoms with Crippen molar-refractivity contribution < 1.29 is 18.7 Å². The van der Waals surface area contributed by atoms with Crippen molar-refractivity contribution in [3.8, 4) is 22.9 Å². The predicted octanol–water partition coefficient (Wildman–Crippen LogP) is 4.72. The molecule has 4 rings (SSSR count). The third kappa shape index (κ3) is 5.20. The third-order valence-corrected chi connectivity index (χ3v) is 6.04. The minimum Gasteiger partial charge on any atom is -0.497 e. The number of carbonyl (C=O) groups is 1. The summed E-state index contributed by atoms with van der Waals surface area (Å²) in [6.45, 7) is 2.25. The molecule has 0 fully saturated rings. The molecule has 1 N–H and O–H groups in total. The second kappa shape index (κ2) is 10.3. The molecule has 0 spiro atoms. The van der Waals surface area contributed by atoms with Gasteiger partial charge in [0.15, 0.2) is 11.0 Å². The fourth-order valence-corrected chi connectivity index (χ4v) is 4.09. The van der Waals surface area contributed by atoms with E-state index in [1.165, 1.54) is 11.8 Å². The molecule has 9 heteroatoms. The van der Waals surface area contributed by atoms with E-state index in [2.05, 4.69) is 15.5 Å². The van der Waals surface area contributed by atoms with Crippen LogP contribution < -0.4 is 14.8 Å². The number of hydrogen-bond donors (Lipinski definition) is 1. The van der Waals surface area contributed by atoms with E-state index in [9.17, 15) is 4.79 Å². The predicted molar refractivity (Wildman–Crippen MR) is 127 cm³/mol. The molecule has 33 heavy (non-hydrogen) atoms. The molecule has 0 saturated heterocycles. The first-order valence-corrected chi connectivity index (χ1v) is 11.2. The number of benzene rings is 2. The number of furan rings is 1. The van der Waals surface area contributed by atoms with Crippen molar-refractivity contribution >= 4 is 23.4 Å². The van der Waals surface area contributed by atoms with Crippen LogP contribution in [-0.4, -0.2) is 40.1 Å². The van der Waals surface area contributed by atoms with E-state index in [0.717, 1.165) is 17.1 Å². The summed E-state index contributed by atoms with van der Waals surface area (Å²) in [5, 5.41) is 11.9. The van der Waals surface area contributed by atoms with Gasteiger partial charge in [0.1, 0.15) is 17.3 Å². The van der Waals surface area contributed by atoms with Crippen LogP contribution in [0.2, 0.25) is 0 Å². The number of hydrogen-bond acceptors (Lipinski definition) is 7. The molecule has 0 bridgehead atoms. The van der Waals surface area contributed by atoms with Gasteiger partial charge < -0.3 is 19.2 Å². The smallest absolute Gasteiger partial charge is 0.237 e. The number of nitrogens with zero attached hydrogens (tertiary/aromatic N) is 3. The maximum absolute atomic E-state index is 12.9. The van der Waals surface area contributed by atoms with Crippen LogP contribution >= 0.6 is 11.8 Å². The van der Waals surface area contributed by atoms with Crippen molar-refractivity contribution in [2.75, 3.05) is 19.5 Å². The van der Waals surface area contributed by atoms with Gasteiger partial charge >= 0.3 is 0 Å². The van der Waals surface area contributed by atoms with Crippen LogP contribution in [0.1, 0.15) is 12.7 Å². The normalized spacial score (nSPS) is 11.7. The van der Waals surface area contributed by atoms with E-state index in [4.69, 9.17) is 13.9 Å². The van der Waals surface area contributed by atoms with Crippen molar-refractivity contribution in [1.29, 1.82) is 0 Å². The highest BCUT2D eigenvalue weighted by molar-refractivity contribution is 8.00. The topological polar surface area (TPSA) is 91.4 Å². The van der Waals surface area contributed by atoms with Crippen LogP contribution in [0.15, 0.2) is 76.5 Å². The molecule has 0 aliphatic carbocycles. The molecule has 2 aromatic carbocycles. The Morgan fingerprint density at radius 2 is 1.94 bits per heavy atom. The Morgan fingerprint density at radius 3 is 2.70 bits per heavy atom. The van der Waals surface area contributed by atoms with Gasteiger partial charge in [-0.2, -0.15) is 0 Å². The second-order valence-electron chi connectivity index (χ2n) is 7.15. The number of amides is 1. The molecular formula is C24H24N4O4S. The van der Waals surface area contributed by atoms with Gasteiger partial charge in [-0.15, -0.1) is 10.2 Å². The number of nitrogens with one attached hydrogen (secondary N) is 1. The van der Waals surface area contributed by atoms with E-state index in [0.29, 0.717) is 29.0 Å². The summed E-state index contributed by atoms with van der Waals surface area (Å²) in [5.41, 5.74) is 1.47. The molecule has 170 valence electrons. The van der Waals surface area contributed by atoms with Crippen LogP contribution in [0, 0.1) is 0 Å². The summed E-state index contributed by atoms with van der Waals surface area (Å²) in [4.78, 5) is 12.9. The van der Waals surface area contributed by atoms with Crippen LogP contribution in [0.4, 0.5) is 5.69 Å². The van der Waals surface area contributed by atoms with Crippen LogP contribution in [-0.2, 0) is 11.3 Å². The lowest BCUT2D eigenvalue weighted by Crippen LogP contribution is -2.23. The van der Waals surface area contributed by atoms with E-state index in [1.807, 2.05) is 60.0 Å². The van der Waals surface area contributed by atoms with Gasteiger partial charge in [0.05, 0.1) is 38.0 Å². The molecule has 0 aliphatic heterocycles. The number of para-hydroxylation sites is 2. The summed E-state index contributed by atoms with van der Waals surface area (Å²) in [6, 6.07) is 18.6. The summed E-state index contributed by atoms with van der Waals surface area (Å²) < 4.78 is 18.2. The third-order valence-electron chi connectivity index (χ3n) is 4.96. The highest BCUT2D eigenvalue weighted by Gasteiger charge is 2.22. The Balaban J connectivity index is 1.60. The van der Waals surface area contributed by atoms with Gasteiger partial charge in [0, 0.05) is 5.56 Å². The molecule has 1 unspecified atom stereocenters. The quantitative estimate of drug-likeness (QED) is 0.358. The number of ether oxygens (including phenoxy) is 2. The molecule has 4 aromatic rings. The first-order chi connectivity index (χ1) is 16.1. The van der Waals surface area contributed by atoms with Crippen molar-refractivity contribution in [3.63, 3.8) is 0 Å². The lowest BCUT2D eigenvalue weighted by molar-refractivity contribution is -0.115. The zero-order valence-corrected chi connectivity index (χ0v) is 19.3. The van der Waals surface area contributed by atoms with Crippen LogP contribution in [0.5, 0.6) is 11.5 Å². The van der Waals surface area contributed by atoms with Crippen molar-refractivity contribution in [2.45, 2.75) is 23.9 Å². The van der Waals surface area contributed by atoms with Gasteiger partial charge in [-0.1, -0.05) is 36.0 Å². The Bertz CT molecular complexity index is 1220. The van der Waals surface area contributed by atoms with Crippen molar-refractivity contribution in [3.05, 3.63) is 72.7 Å². The molecule has 1 amide bonds. The zero-order chi connectivity index (χ0) is 23.2. The average Bonchev–Trinajstić information content (AvgIpc) is 3.50. The summed E-state index contributed by atoms with van der Waals surface area (Å²) in [6.07, 6.45) is 1.63. The Morgan fingerprint density at radius 1 is 1.09 bits per heavy atom. The second-order valence-corrected chi connectivity index (χ2v) is 8.46. The maximum Gasteiger partial charge on any atom is 0.237 e. The number of aromatic nitrogens is 3. The molecule has 8 nitrogen and oxygen atoms in total. The monoisotopic (exact) mass is 464 g/mol.